The number of aryl methyl sites for hydroxylation is 1. The number of urea groups is 1. The van der Waals surface area contributed by atoms with E-state index in [9.17, 15) is 4.79 Å². The molecule has 0 fully saturated rings. The topological polar surface area (TPSA) is 32.3 Å². The molecule has 0 saturated carbocycles. The van der Waals surface area contributed by atoms with Crippen molar-refractivity contribution in [1.29, 1.82) is 0 Å². The van der Waals surface area contributed by atoms with Crippen LogP contribution in [0.1, 0.15) is 34.7 Å². The van der Waals surface area contributed by atoms with Crippen molar-refractivity contribution in [2.45, 2.75) is 18.9 Å². The second-order valence-electron chi connectivity index (χ2n) is 6.99. The predicted octanol–water partition coefficient (Wildman–Crippen LogP) is 5.24. The fourth-order valence-corrected chi connectivity index (χ4v) is 3.63. The van der Waals surface area contributed by atoms with Gasteiger partial charge < -0.3 is 10.2 Å². The number of benzene rings is 3. The fourth-order valence-electron chi connectivity index (χ4n) is 3.63. The lowest BCUT2D eigenvalue weighted by atomic mass is 10.1. The van der Waals surface area contributed by atoms with Crippen LogP contribution in [0.5, 0.6) is 0 Å². The minimum absolute atomic E-state index is 0.102. The molecule has 1 N–H and O–H groups in total. The van der Waals surface area contributed by atoms with Crippen LogP contribution in [-0.4, -0.2) is 18.0 Å². The Labute approximate surface area is 166 Å². The molecule has 28 heavy (non-hydrogen) atoms. The van der Waals surface area contributed by atoms with Crippen LogP contribution < -0.4 is 5.32 Å². The molecule has 1 atom stereocenters. The molecule has 1 aliphatic rings. The number of rotatable bonds is 2. The van der Waals surface area contributed by atoms with Gasteiger partial charge in [-0.15, -0.1) is 0 Å². The maximum absolute atomic E-state index is 12.8. The van der Waals surface area contributed by atoms with Crippen LogP contribution in [0.2, 0.25) is 0 Å². The van der Waals surface area contributed by atoms with E-state index in [2.05, 4.69) is 35.4 Å². The van der Waals surface area contributed by atoms with Crippen molar-refractivity contribution < 1.29 is 4.79 Å². The molecule has 0 aliphatic heterocycles. The molecule has 2 amide bonds. The summed E-state index contributed by atoms with van der Waals surface area (Å²) in [7, 11) is 1.86. The van der Waals surface area contributed by atoms with Gasteiger partial charge >= 0.3 is 6.03 Å². The number of hydrogen-bond donors (Lipinski definition) is 1. The predicted molar refractivity (Wildman–Crippen MR) is 113 cm³/mol. The van der Waals surface area contributed by atoms with Crippen LogP contribution in [0.4, 0.5) is 10.5 Å². The number of fused-ring (bicyclic) bond motifs is 1. The molecule has 3 nitrogen and oxygen atoms in total. The van der Waals surface area contributed by atoms with Crippen molar-refractivity contribution in [1.82, 2.24) is 4.90 Å². The second-order valence-corrected chi connectivity index (χ2v) is 6.99. The molecule has 0 aromatic heterocycles. The largest absolute Gasteiger partial charge is 0.322 e. The van der Waals surface area contributed by atoms with Gasteiger partial charge in [-0.2, -0.15) is 0 Å². The van der Waals surface area contributed by atoms with E-state index < -0.39 is 0 Å². The van der Waals surface area contributed by atoms with Crippen LogP contribution in [-0.2, 0) is 6.42 Å². The second kappa shape index (κ2) is 8.02. The molecule has 1 unspecified atom stereocenters. The van der Waals surface area contributed by atoms with Crippen LogP contribution in [0.3, 0.4) is 0 Å². The highest BCUT2D eigenvalue weighted by molar-refractivity contribution is 5.89. The Bertz CT molecular complexity index is 1050. The van der Waals surface area contributed by atoms with E-state index in [1.165, 1.54) is 11.1 Å². The van der Waals surface area contributed by atoms with Crippen LogP contribution >= 0.6 is 0 Å². The molecule has 0 saturated heterocycles. The Morgan fingerprint density at radius 2 is 1.64 bits per heavy atom. The van der Waals surface area contributed by atoms with Gasteiger partial charge in [-0.1, -0.05) is 60.4 Å². The van der Waals surface area contributed by atoms with Gasteiger partial charge in [0.05, 0.1) is 6.04 Å². The van der Waals surface area contributed by atoms with Crippen molar-refractivity contribution in [3.63, 3.8) is 0 Å². The van der Waals surface area contributed by atoms with Crippen molar-refractivity contribution >= 4 is 11.7 Å². The molecule has 1 aliphatic carbocycles. The van der Waals surface area contributed by atoms with Crippen molar-refractivity contribution in [2.75, 3.05) is 12.4 Å². The van der Waals surface area contributed by atoms with Crippen molar-refractivity contribution in [3.8, 4) is 11.8 Å². The van der Waals surface area contributed by atoms with Crippen LogP contribution in [0.15, 0.2) is 78.9 Å². The van der Waals surface area contributed by atoms with Gasteiger partial charge in [-0.25, -0.2) is 4.79 Å². The Morgan fingerprint density at radius 3 is 2.50 bits per heavy atom. The van der Waals surface area contributed by atoms with Crippen LogP contribution in [0.25, 0.3) is 0 Å². The van der Waals surface area contributed by atoms with Gasteiger partial charge in [0.1, 0.15) is 0 Å². The van der Waals surface area contributed by atoms with Gasteiger partial charge in [0.2, 0.25) is 0 Å². The molecule has 0 bridgehead atoms. The van der Waals surface area contributed by atoms with E-state index in [4.69, 9.17) is 0 Å². The minimum atomic E-state index is -0.102. The first-order valence-electron chi connectivity index (χ1n) is 9.49. The summed E-state index contributed by atoms with van der Waals surface area (Å²) in [5, 5.41) is 3.01. The number of carbonyl (C=O) groups is 1. The Morgan fingerprint density at radius 1 is 0.929 bits per heavy atom. The standard InChI is InChI=1S/C25H22N2O/c1-27(24-17-16-21-11-5-6-13-23(21)24)25(28)26-22-12-7-10-20(18-22)15-14-19-8-3-2-4-9-19/h2-13,18,24H,16-17H2,1H3,(H,26,28). The Hall–Kier alpha value is -3.51. The average Bonchev–Trinajstić information content (AvgIpc) is 3.17. The molecular formula is C25H22N2O. The summed E-state index contributed by atoms with van der Waals surface area (Å²) in [5.74, 6) is 6.30. The highest BCUT2D eigenvalue weighted by Gasteiger charge is 2.28. The molecule has 4 rings (SSSR count). The summed E-state index contributed by atoms with van der Waals surface area (Å²) in [5.41, 5.74) is 5.18. The fraction of sp³-hybridized carbons (Fsp3) is 0.160. The minimum Gasteiger partial charge on any atom is -0.321 e. The third-order valence-corrected chi connectivity index (χ3v) is 5.13. The average molecular weight is 366 g/mol. The highest BCUT2D eigenvalue weighted by Crippen LogP contribution is 2.35. The highest BCUT2D eigenvalue weighted by atomic mass is 16.2. The van der Waals surface area contributed by atoms with Crippen molar-refractivity contribution in [2.24, 2.45) is 0 Å². The number of nitrogens with one attached hydrogen (secondary N) is 1. The summed E-state index contributed by atoms with van der Waals surface area (Å²) < 4.78 is 0. The van der Waals surface area contributed by atoms with Gasteiger partial charge in [-0.05, 0) is 54.3 Å². The number of amides is 2. The quantitative estimate of drug-likeness (QED) is 0.618. The van der Waals surface area contributed by atoms with E-state index in [1.54, 1.807) is 4.90 Å². The van der Waals surface area contributed by atoms with Crippen molar-refractivity contribution in [3.05, 3.63) is 101 Å². The Kier molecular flexibility index (Phi) is 5.12. The zero-order chi connectivity index (χ0) is 19.3. The first-order valence-corrected chi connectivity index (χ1v) is 9.49. The lowest BCUT2D eigenvalue weighted by Gasteiger charge is -2.25. The van der Waals surface area contributed by atoms with E-state index in [-0.39, 0.29) is 12.1 Å². The smallest absolute Gasteiger partial charge is 0.321 e. The molecular weight excluding hydrogens is 344 g/mol. The molecule has 138 valence electrons. The maximum atomic E-state index is 12.8. The van der Waals surface area contributed by atoms with Crippen LogP contribution in [0, 0.1) is 11.8 Å². The first-order chi connectivity index (χ1) is 13.7. The normalized spacial score (nSPS) is 14.5. The zero-order valence-electron chi connectivity index (χ0n) is 15.9. The summed E-state index contributed by atoms with van der Waals surface area (Å²) in [6, 6.07) is 25.9. The number of hydrogen-bond acceptors (Lipinski definition) is 1. The summed E-state index contributed by atoms with van der Waals surface area (Å²) >= 11 is 0. The molecule has 3 aromatic carbocycles. The SMILES string of the molecule is CN(C(=O)Nc1cccc(C#Cc2ccccc2)c1)C1CCc2ccccc21. The zero-order valence-corrected chi connectivity index (χ0v) is 15.9. The molecule has 0 heterocycles. The lowest BCUT2D eigenvalue weighted by Crippen LogP contribution is -2.34. The van der Waals surface area contributed by atoms with Gasteiger partial charge in [0.15, 0.2) is 0 Å². The van der Waals surface area contributed by atoms with Gasteiger partial charge in [-0.3, -0.25) is 0 Å². The number of nitrogens with zero attached hydrogens (tertiary/aromatic N) is 1. The monoisotopic (exact) mass is 366 g/mol. The number of anilines is 1. The summed E-state index contributed by atoms with van der Waals surface area (Å²) in [6.45, 7) is 0. The first kappa shape index (κ1) is 17.9. The van der Waals surface area contributed by atoms with E-state index >= 15 is 0 Å². The Balaban J connectivity index is 1.46. The van der Waals surface area contributed by atoms with E-state index in [0.29, 0.717) is 0 Å². The molecule has 0 spiro atoms. The maximum Gasteiger partial charge on any atom is 0.322 e. The summed E-state index contributed by atoms with van der Waals surface area (Å²) in [4.78, 5) is 14.6. The van der Waals surface area contributed by atoms with E-state index in [1.807, 2.05) is 67.7 Å². The summed E-state index contributed by atoms with van der Waals surface area (Å²) in [6.07, 6.45) is 1.98. The third-order valence-electron chi connectivity index (χ3n) is 5.13. The number of carbonyl (C=O) groups excluding carboxylic acids is 1. The third kappa shape index (κ3) is 3.92. The molecule has 0 radical (unpaired) electrons. The molecule has 3 aromatic rings. The molecule has 3 heteroatoms. The lowest BCUT2D eigenvalue weighted by molar-refractivity contribution is 0.204. The van der Waals surface area contributed by atoms with Gasteiger partial charge in [0.25, 0.3) is 0 Å². The van der Waals surface area contributed by atoms with Gasteiger partial charge in [0, 0.05) is 23.9 Å². The van der Waals surface area contributed by atoms with E-state index in [0.717, 1.165) is 29.7 Å².